The molecule has 1 amide bonds. The Labute approximate surface area is 109 Å². The highest BCUT2D eigenvalue weighted by molar-refractivity contribution is 14.1. The van der Waals surface area contributed by atoms with E-state index in [1.54, 1.807) is 0 Å². The number of benzene rings is 1. The molecule has 1 aliphatic heterocycles. The van der Waals surface area contributed by atoms with Crippen molar-refractivity contribution >= 4 is 28.5 Å². The van der Waals surface area contributed by atoms with Crippen LogP contribution in [0.5, 0.6) is 0 Å². The molecule has 2 fully saturated rings. The van der Waals surface area contributed by atoms with E-state index in [0.717, 1.165) is 21.6 Å². The second-order valence-corrected chi connectivity index (χ2v) is 6.05. The van der Waals surface area contributed by atoms with E-state index in [0.29, 0.717) is 6.04 Å². The smallest absolute Gasteiger partial charge is 0.254 e. The zero-order chi connectivity index (χ0) is 11.1. The van der Waals surface area contributed by atoms with Gasteiger partial charge in [-0.2, -0.15) is 0 Å². The minimum Gasteiger partial charge on any atom is -0.335 e. The molecule has 0 spiro atoms. The second-order valence-electron chi connectivity index (χ2n) is 4.80. The molecule has 2 aliphatic rings. The number of carbonyl (C=O) groups is 1. The van der Waals surface area contributed by atoms with E-state index in [4.69, 9.17) is 0 Å². The first-order chi connectivity index (χ1) is 7.74. The summed E-state index contributed by atoms with van der Waals surface area (Å²) in [4.78, 5) is 14.4. The normalized spacial score (nSPS) is 27.4. The number of rotatable bonds is 1. The topological polar surface area (TPSA) is 20.3 Å². The van der Waals surface area contributed by atoms with Crippen molar-refractivity contribution < 1.29 is 4.79 Å². The molecule has 2 atom stereocenters. The molecule has 1 aromatic carbocycles. The Morgan fingerprint density at radius 3 is 2.88 bits per heavy atom. The molecule has 1 aliphatic carbocycles. The predicted octanol–water partition coefficient (Wildman–Crippen LogP) is 2.92. The van der Waals surface area contributed by atoms with Crippen molar-refractivity contribution in [3.05, 3.63) is 33.4 Å². The van der Waals surface area contributed by atoms with E-state index in [2.05, 4.69) is 27.5 Å². The van der Waals surface area contributed by atoms with Crippen LogP contribution in [-0.4, -0.2) is 23.4 Å². The molecule has 1 saturated carbocycles. The van der Waals surface area contributed by atoms with E-state index >= 15 is 0 Å². The highest BCUT2D eigenvalue weighted by atomic mass is 127. The second kappa shape index (κ2) is 4.02. The molecule has 1 heterocycles. The van der Waals surface area contributed by atoms with Crippen molar-refractivity contribution in [3.63, 3.8) is 0 Å². The van der Waals surface area contributed by atoms with Gasteiger partial charge in [-0.05, 0) is 66.0 Å². The molecule has 1 aromatic rings. The van der Waals surface area contributed by atoms with Gasteiger partial charge in [0.1, 0.15) is 0 Å². The first-order valence-electron chi connectivity index (χ1n) is 5.80. The first-order valence-corrected chi connectivity index (χ1v) is 6.88. The lowest BCUT2D eigenvalue weighted by Crippen LogP contribution is -2.37. The third-order valence-electron chi connectivity index (χ3n) is 3.74. The number of halogens is 1. The van der Waals surface area contributed by atoms with Gasteiger partial charge in [0.25, 0.3) is 5.91 Å². The first kappa shape index (κ1) is 10.6. The Hall–Kier alpha value is -0.580. The summed E-state index contributed by atoms with van der Waals surface area (Å²) in [6.07, 6.45) is 3.76. The van der Waals surface area contributed by atoms with Crippen molar-refractivity contribution in [2.75, 3.05) is 6.54 Å². The van der Waals surface area contributed by atoms with Gasteiger partial charge in [-0.25, -0.2) is 0 Å². The highest BCUT2D eigenvalue weighted by Gasteiger charge is 2.40. The van der Waals surface area contributed by atoms with Gasteiger partial charge in [0, 0.05) is 21.7 Å². The van der Waals surface area contributed by atoms with Crippen LogP contribution in [0.1, 0.15) is 29.6 Å². The highest BCUT2D eigenvalue weighted by Crippen LogP contribution is 2.38. The van der Waals surface area contributed by atoms with Gasteiger partial charge in [-0.3, -0.25) is 4.79 Å². The molecule has 2 bridgehead atoms. The number of carbonyl (C=O) groups excluding carboxylic acids is 1. The van der Waals surface area contributed by atoms with Crippen LogP contribution in [0.3, 0.4) is 0 Å². The van der Waals surface area contributed by atoms with E-state index in [1.165, 1.54) is 19.3 Å². The maximum Gasteiger partial charge on any atom is 0.254 e. The van der Waals surface area contributed by atoms with Crippen LogP contribution >= 0.6 is 22.6 Å². The fraction of sp³-hybridized carbons (Fsp3) is 0.462. The molecule has 2 nitrogen and oxygen atoms in total. The Bertz CT molecular complexity index is 432. The van der Waals surface area contributed by atoms with E-state index in [9.17, 15) is 4.79 Å². The summed E-state index contributed by atoms with van der Waals surface area (Å²) in [5.74, 6) is 1.00. The van der Waals surface area contributed by atoms with Gasteiger partial charge in [0.05, 0.1) is 0 Å². The number of likely N-dealkylation sites (tertiary alicyclic amines) is 1. The summed E-state index contributed by atoms with van der Waals surface area (Å²) >= 11 is 2.25. The Morgan fingerprint density at radius 1 is 1.38 bits per heavy atom. The molecule has 3 heteroatoms. The van der Waals surface area contributed by atoms with Crippen molar-refractivity contribution in [2.24, 2.45) is 5.92 Å². The Morgan fingerprint density at radius 2 is 2.25 bits per heavy atom. The lowest BCUT2D eigenvalue weighted by atomic mass is 10.1. The van der Waals surface area contributed by atoms with Gasteiger partial charge in [0.15, 0.2) is 0 Å². The average molecular weight is 327 g/mol. The molecule has 1 saturated heterocycles. The SMILES string of the molecule is O=C(c1cccc(I)c1)N1CC2CCC1C2. The number of hydrogen-bond acceptors (Lipinski definition) is 1. The quantitative estimate of drug-likeness (QED) is 0.727. The summed E-state index contributed by atoms with van der Waals surface area (Å²) < 4.78 is 1.13. The fourth-order valence-electron chi connectivity index (χ4n) is 2.96. The molecule has 0 aromatic heterocycles. The maximum atomic E-state index is 12.3. The fourth-order valence-corrected chi connectivity index (χ4v) is 3.50. The van der Waals surface area contributed by atoms with Crippen LogP contribution in [0, 0.1) is 9.49 Å². The standard InChI is InChI=1S/C13H14INO/c14-11-3-1-2-10(7-11)13(16)15-8-9-4-5-12(15)6-9/h1-3,7,9,12H,4-6,8H2. The number of hydrogen-bond donors (Lipinski definition) is 0. The van der Waals surface area contributed by atoms with E-state index in [1.807, 2.05) is 24.3 Å². The monoisotopic (exact) mass is 327 g/mol. The van der Waals surface area contributed by atoms with Crippen LogP contribution in [0.15, 0.2) is 24.3 Å². The third-order valence-corrected chi connectivity index (χ3v) is 4.41. The molecule has 2 unspecified atom stereocenters. The lowest BCUT2D eigenvalue weighted by molar-refractivity contribution is 0.0703. The van der Waals surface area contributed by atoms with Crippen LogP contribution in [0.2, 0.25) is 0 Å². The summed E-state index contributed by atoms with van der Waals surface area (Å²) in [6, 6.07) is 8.41. The molecule has 0 N–H and O–H groups in total. The van der Waals surface area contributed by atoms with Crippen molar-refractivity contribution in [2.45, 2.75) is 25.3 Å². The van der Waals surface area contributed by atoms with Gasteiger partial charge in [-0.1, -0.05) is 6.07 Å². The van der Waals surface area contributed by atoms with Crippen molar-refractivity contribution in [1.82, 2.24) is 4.90 Å². The largest absolute Gasteiger partial charge is 0.335 e. The van der Waals surface area contributed by atoms with Gasteiger partial charge in [-0.15, -0.1) is 0 Å². The predicted molar refractivity (Wildman–Crippen MR) is 71.3 cm³/mol. The number of amides is 1. The molecule has 3 rings (SSSR count). The van der Waals surface area contributed by atoms with Gasteiger partial charge < -0.3 is 4.90 Å². The zero-order valence-electron chi connectivity index (χ0n) is 9.03. The Balaban J connectivity index is 1.83. The Kier molecular flexibility index (Phi) is 2.65. The maximum absolute atomic E-state index is 12.3. The molecular formula is C13H14INO. The van der Waals surface area contributed by atoms with Crippen molar-refractivity contribution in [3.8, 4) is 0 Å². The number of nitrogens with zero attached hydrogens (tertiary/aromatic N) is 1. The summed E-state index contributed by atoms with van der Waals surface area (Å²) in [6.45, 7) is 0.981. The van der Waals surface area contributed by atoms with Gasteiger partial charge >= 0.3 is 0 Å². The summed E-state index contributed by atoms with van der Waals surface area (Å²) in [7, 11) is 0. The summed E-state index contributed by atoms with van der Waals surface area (Å²) in [5, 5.41) is 0. The minimum atomic E-state index is 0.228. The third kappa shape index (κ3) is 1.75. The molecular weight excluding hydrogens is 313 g/mol. The minimum absolute atomic E-state index is 0.228. The molecule has 16 heavy (non-hydrogen) atoms. The van der Waals surface area contributed by atoms with E-state index < -0.39 is 0 Å². The molecule has 0 radical (unpaired) electrons. The summed E-state index contributed by atoms with van der Waals surface area (Å²) in [5.41, 5.74) is 0.847. The zero-order valence-corrected chi connectivity index (χ0v) is 11.2. The van der Waals surface area contributed by atoms with Gasteiger partial charge in [0.2, 0.25) is 0 Å². The van der Waals surface area contributed by atoms with Crippen molar-refractivity contribution in [1.29, 1.82) is 0 Å². The van der Waals surface area contributed by atoms with Crippen LogP contribution in [0.25, 0.3) is 0 Å². The van der Waals surface area contributed by atoms with E-state index in [-0.39, 0.29) is 5.91 Å². The number of fused-ring (bicyclic) bond motifs is 2. The van der Waals surface area contributed by atoms with Crippen LogP contribution in [0.4, 0.5) is 0 Å². The van der Waals surface area contributed by atoms with Crippen LogP contribution in [-0.2, 0) is 0 Å². The van der Waals surface area contributed by atoms with Crippen LogP contribution < -0.4 is 0 Å². The lowest BCUT2D eigenvalue weighted by Gasteiger charge is -2.27. The number of piperidine rings is 1. The molecule has 84 valence electrons. The average Bonchev–Trinajstić information content (AvgIpc) is 2.89.